The Labute approximate surface area is 143 Å². The standard InChI is InChI=1S/C19H25N3O2/c1-19(2,3)18-20-10-14-7-8-22(12-15(14)21-18)11-13-5-6-17(24-4)16(23)9-13/h5-6,9-10,23H,7-8,11-12H2,1-4H3. The number of aromatic hydroxyl groups is 1. The summed E-state index contributed by atoms with van der Waals surface area (Å²) < 4.78 is 5.10. The van der Waals surface area contributed by atoms with Crippen LogP contribution in [0.1, 0.15) is 43.4 Å². The van der Waals surface area contributed by atoms with Crippen molar-refractivity contribution in [2.24, 2.45) is 0 Å². The van der Waals surface area contributed by atoms with Crippen molar-refractivity contribution in [3.8, 4) is 11.5 Å². The molecule has 1 aromatic heterocycles. The molecule has 0 unspecified atom stereocenters. The predicted octanol–water partition coefficient (Wildman–Crippen LogP) is 3.05. The number of hydrogen-bond donors (Lipinski definition) is 1. The SMILES string of the molecule is COc1ccc(CN2CCc3cnc(C(C)(C)C)nc3C2)cc1O. The molecule has 5 heteroatoms. The molecule has 1 aliphatic heterocycles. The third-order valence-corrected chi connectivity index (χ3v) is 4.35. The van der Waals surface area contributed by atoms with E-state index in [4.69, 9.17) is 9.72 Å². The normalized spacial score (nSPS) is 15.2. The van der Waals surface area contributed by atoms with Gasteiger partial charge in [-0.15, -0.1) is 0 Å². The fraction of sp³-hybridized carbons (Fsp3) is 0.474. The number of benzene rings is 1. The number of phenolic OH excluding ortho intramolecular Hbond substituents is 1. The second-order valence-corrected chi connectivity index (χ2v) is 7.38. The topological polar surface area (TPSA) is 58.5 Å². The molecule has 1 aliphatic rings. The van der Waals surface area contributed by atoms with E-state index in [0.29, 0.717) is 5.75 Å². The van der Waals surface area contributed by atoms with Gasteiger partial charge in [-0.1, -0.05) is 26.8 Å². The van der Waals surface area contributed by atoms with Crippen LogP contribution >= 0.6 is 0 Å². The summed E-state index contributed by atoms with van der Waals surface area (Å²) in [6, 6.07) is 5.58. The van der Waals surface area contributed by atoms with Crippen LogP contribution in [0.2, 0.25) is 0 Å². The van der Waals surface area contributed by atoms with Crippen molar-refractivity contribution in [3.63, 3.8) is 0 Å². The molecule has 0 saturated carbocycles. The first-order valence-corrected chi connectivity index (χ1v) is 8.30. The van der Waals surface area contributed by atoms with Crippen molar-refractivity contribution in [2.45, 2.75) is 45.7 Å². The number of nitrogens with zero attached hydrogens (tertiary/aromatic N) is 3. The van der Waals surface area contributed by atoms with Gasteiger partial charge in [0.25, 0.3) is 0 Å². The Morgan fingerprint density at radius 2 is 2.08 bits per heavy atom. The fourth-order valence-corrected chi connectivity index (χ4v) is 2.95. The summed E-state index contributed by atoms with van der Waals surface area (Å²) in [4.78, 5) is 11.7. The third-order valence-electron chi connectivity index (χ3n) is 4.35. The van der Waals surface area contributed by atoms with E-state index < -0.39 is 0 Å². The summed E-state index contributed by atoms with van der Waals surface area (Å²) in [5.41, 5.74) is 3.40. The lowest BCUT2D eigenvalue weighted by atomic mass is 9.95. The molecule has 0 amide bonds. The van der Waals surface area contributed by atoms with E-state index in [1.165, 1.54) is 5.56 Å². The van der Waals surface area contributed by atoms with E-state index >= 15 is 0 Å². The van der Waals surface area contributed by atoms with Gasteiger partial charge in [0.15, 0.2) is 11.5 Å². The highest BCUT2D eigenvalue weighted by molar-refractivity contribution is 5.41. The Morgan fingerprint density at radius 3 is 2.75 bits per heavy atom. The number of ether oxygens (including phenoxy) is 1. The molecule has 0 atom stereocenters. The van der Waals surface area contributed by atoms with E-state index in [1.54, 1.807) is 13.2 Å². The molecule has 0 aliphatic carbocycles. The van der Waals surface area contributed by atoms with Crippen LogP contribution in [0.4, 0.5) is 0 Å². The monoisotopic (exact) mass is 327 g/mol. The highest BCUT2D eigenvalue weighted by Gasteiger charge is 2.23. The average molecular weight is 327 g/mol. The highest BCUT2D eigenvalue weighted by atomic mass is 16.5. The van der Waals surface area contributed by atoms with Gasteiger partial charge in [-0.05, 0) is 29.7 Å². The molecule has 0 spiro atoms. The first-order valence-electron chi connectivity index (χ1n) is 8.30. The minimum atomic E-state index is -0.0426. The van der Waals surface area contributed by atoms with E-state index in [-0.39, 0.29) is 11.2 Å². The van der Waals surface area contributed by atoms with Crippen molar-refractivity contribution in [2.75, 3.05) is 13.7 Å². The van der Waals surface area contributed by atoms with E-state index in [0.717, 1.165) is 43.1 Å². The highest BCUT2D eigenvalue weighted by Crippen LogP contribution is 2.28. The zero-order valence-corrected chi connectivity index (χ0v) is 14.8. The van der Waals surface area contributed by atoms with Crippen LogP contribution in [-0.2, 0) is 24.9 Å². The van der Waals surface area contributed by atoms with Crippen LogP contribution in [0.25, 0.3) is 0 Å². The van der Waals surface area contributed by atoms with Gasteiger partial charge in [-0.3, -0.25) is 4.90 Å². The van der Waals surface area contributed by atoms with Gasteiger partial charge < -0.3 is 9.84 Å². The van der Waals surface area contributed by atoms with Gasteiger partial charge in [0, 0.05) is 31.2 Å². The molecule has 1 N–H and O–H groups in total. The molecule has 0 saturated heterocycles. The summed E-state index contributed by atoms with van der Waals surface area (Å²) in [5, 5.41) is 9.94. The second-order valence-electron chi connectivity index (χ2n) is 7.38. The maximum Gasteiger partial charge on any atom is 0.160 e. The molecule has 24 heavy (non-hydrogen) atoms. The fourth-order valence-electron chi connectivity index (χ4n) is 2.95. The maximum absolute atomic E-state index is 9.94. The van der Waals surface area contributed by atoms with Crippen LogP contribution in [0.15, 0.2) is 24.4 Å². The zero-order valence-electron chi connectivity index (χ0n) is 14.8. The first kappa shape index (κ1) is 16.7. The summed E-state index contributed by atoms with van der Waals surface area (Å²) in [6.45, 7) is 8.97. The number of rotatable bonds is 3. The molecule has 128 valence electrons. The van der Waals surface area contributed by atoms with E-state index in [2.05, 4.69) is 30.7 Å². The van der Waals surface area contributed by atoms with E-state index in [1.807, 2.05) is 18.3 Å². The summed E-state index contributed by atoms with van der Waals surface area (Å²) in [5.74, 6) is 1.58. The van der Waals surface area contributed by atoms with E-state index in [9.17, 15) is 5.11 Å². The lowest BCUT2D eigenvalue weighted by molar-refractivity contribution is 0.239. The van der Waals surface area contributed by atoms with Crippen LogP contribution in [0, 0.1) is 0 Å². The molecule has 5 nitrogen and oxygen atoms in total. The van der Waals surface area contributed by atoms with Gasteiger partial charge in [0.1, 0.15) is 5.82 Å². The van der Waals surface area contributed by atoms with Crippen LogP contribution in [-0.4, -0.2) is 33.6 Å². The van der Waals surface area contributed by atoms with Crippen molar-refractivity contribution >= 4 is 0 Å². The van der Waals surface area contributed by atoms with Crippen molar-refractivity contribution in [3.05, 3.63) is 47.0 Å². The van der Waals surface area contributed by atoms with Gasteiger partial charge in [-0.2, -0.15) is 0 Å². The summed E-state index contributed by atoms with van der Waals surface area (Å²) in [7, 11) is 1.56. The molecule has 1 aromatic carbocycles. The number of phenols is 1. The molecule has 0 radical (unpaired) electrons. The lowest BCUT2D eigenvalue weighted by Gasteiger charge is -2.29. The summed E-state index contributed by atoms with van der Waals surface area (Å²) >= 11 is 0. The van der Waals surface area contributed by atoms with Gasteiger partial charge in [0.05, 0.1) is 12.8 Å². The predicted molar refractivity (Wildman–Crippen MR) is 93.2 cm³/mol. The summed E-state index contributed by atoms with van der Waals surface area (Å²) in [6.07, 6.45) is 2.95. The number of methoxy groups -OCH3 is 1. The zero-order chi connectivity index (χ0) is 17.3. The largest absolute Gasteiger partial charge is 0.504 e. The van der Waals surface area contributed by atoms with Gasteiger partial charge >= 0.3 is 0 Å². The maximum atomic E-state index is 9.94. The molecule has 0 fully saturated rings. The van der Waals surface area contributed by atoms with Crippen molar-refractivity contribution < 1.29 is 9.84 Å². The third kappa shape index (κ3) is 3.51. The molecule has 2 heterocycles. The van der Waals surface area contributed by atoms with Gasteiger partial charge in [-0.25, -0.2) is 9.97 Å². The van der Waals surface area contributed by atoms with Crippen molar-refractivity contribution in [1.29, 1.82) is 0 Å². The molecular formula is C19H25N3O2. The molecule has 3 rings (SSSR count). The quantitative estimate of drug-likeness (QED) is 0.939. The molecular weight excluding hydrogens is 302 g/mol. The Hall–Kier alpha value is -2.14. The Bertz CT molecular complexity index is 738. The lowest BCUT2D eigenvalue weighted by Crippen LogP contribution is -2.32. The number of aromatic nitrogens is 2. The minimum Gasteiger partial charge on any atom is -0.504 e. The first-order chi connectivity index (χ1) is 11.4. The van der Waals surface area contributed by atoms with Gasteiger partial charge in [0.2, 0.25) is 0 Å². The average Bonchev–Trinajstić information content (AvgIpc) is 2.53. The molecule has 2 aromatic rings. The minimum absolute atomic E-state index is 0.0426. The molecule has 0 bridgehead atoms. The number of hydrogen-bond acceptors (Lipinski definition) is 5. The second kappa shape index (κ2) is 6.40. The number of fused-ring (bicyclic) bond motifs is 1. The van der Waals surface area contributed by atoms with Crippen LogP contribution in [0.3, 0.4) is 0 Å². The Morgan fingerprint density at radius 1 is 1.29 bits per heavy atom. The Kier molecular flexibility index (Phi) is 4.45. The van der Waals surface area contributed by atoms with Crippen LogP contribution < -0.4 is 4.74 Å². The van der Waals surface area contributed by atoms with Crippen molar-refractivity contribution in [1.82, 2.24) is 14.9 Å². The smallest absolute Gasteiger partial charge is 0.160 e. The Balaban J connectivity index is 1.76. The van der Waals surface area contributed by atoms with Crippen LogP contribution in [0.5, 0.6) is 11.5 Å².